The summed E-state index contributed by atoms with van der Waals surface area (Å²) in [5.41, 5.74) is -4.37. The first-order chi connectivity index (χ1) is 22.3. The van der Waals surface area contributed by atoms with Gasteiger partial charge in [0.1, 0.15) is 0 Å². The number of fused-ring (bicyclic) bond motifs is 7. The van der Waals surface area contributed by atoms with Crippen molar-refractivity contribution in [1.82, 2.24) is 0 Å². The van der Waals surface area contributed by atoms with Crippen LogP contribution in [0.4, 0.5) is 26.3 Å². The molecule has 4 fully saturated rings. The number of rotatable bonds is 4. The summed E-state index contributed by atoms with van der Waals surface area (Å²) in [4.78, 5) is 27.0. The van der Waals surface area contributed by atoms with Gasteiger partial charge in [0.25, 0.3) is 0 Å². The maximum Gasteiger partial charge on any atom is 0.416 e. The molecule has 0 aromatic heterocycles. The minimum atomic E-state index is -4.97. The molecule has 0 aliphatic heterocycles. The first-order valence-corrected chi connectivity index (χ1v) is 17.7. The Morgan fingerprint density at radius 2 is 1.53 bits per heavy atom. The smallest absolute Gasteiger partial charge is 0.416 e. The summed E-state index contributed by atoms with van der Waals surface area (Å²) in [6, 6.07) is 1.69. The van der Waals surface area contributed by atoms with Crippen molar-refractivity contribution in [1.29, 1.82) is 0 Å². The normalized spacial score (nSPS) is 41.9. The van der Waals surface area contributed by atoms with Gasteiger partial charge >= 0.3 is 18.3 Å². The van der Waals surface area contributed by atoms with Gasteiger partial charge in [0.05, 0.1) is 29.3 Å². The molecule has 272 valence electrons. The number of halogens is 6. The number of carbonyl (C=O) groups excluding carboxylic acids is 1. The number of hydrogen-bond acceptors (Lipinski definition) is 3. The van der Waals surface area contributed by atoms with Gasteiger partial charge in [-0.25, -0.2) is 0 Å². The predicted molar refractivity (Wildman–Crippen MR) is 172 cm³/mol. The van der Waals surface area contributed by atoms with Gasteiger partial charge in [-0.1, -0.05) is 53.2 Å². The maximum absolute atomic E-state index is 14.6. The van der Waals surface area contributed by atoms with E-state index in [9.17, 15) is 41.0 Å². The number of carboxylic acid groups (broad SMARTS) is 1. The number of carboxylic acids is 1. The highest BCUT2D eigenvalue weighted by Gasteiger charge is 2.70. The topological polar surface area (TPSA) is 63.6 Å². The fourth-order valence-corrected chi connectivity index (χ4v) is 12.0. The Kier molecular flexibility index (Phi) is 8.23. The van der Waals surface area contributed by atoms with Gasteiger partial charge in [0, 0.05) is 5.92 Å². The van der Waals surface area contributed by atoms with E-state index in [4.69, 9.17) is 4.74 Å². The van der Waals surface area contributed by atoms with E-state index >= 15 is 0 Å². The SMILES string of the molecule is CC1(C)[C@@H](OCc2ccc(C(F)(F)F)cc2C(F)(F)F)CC[C@]2(C)[C@H]3C(=O)C=C4[C@@H]5C[C@@](C)(C(=O)O)CC[C@]5(C)CC[C@@]4(C)[C@]3(C)CC[C@@H]12. The van der Waals surface area contributed by atoms with Gasteiger partial charge in [0.2, 0.25) is 0 Å². The molecule has 4 nitrogen and oxygen atoms in total. The van der Waals surface area contributed by atoms with Crippen LogP contribution in [0.25, 0.3) is 0 Å². The van der Waals surface area contributed by atoms with E-state index in [1.54, 1.807) is 0 Å². The van der Waals surface area contributed by atoms with Gasteiger partial charge < -0.3 is 9.84 Å². The molecule has 6 rings (SSSR count). The van der Waals surface area contributed by atoms with Crippen molar-refractivity contribution in [3.05, 3.63) is 46.5 Å². The molecule has 0 radical (unpaired) electrons. The number of alkyl halides is 6. The molecular formula is C39H50F6O4. The second-order valence-electron chi connectivity index (χ2n) is 18.1. The van der Waals surface area contributed by atoms with Gasteiger partial charge in [-0.15, -0.1) is 0 Å². The summed E-state index contributed by atoms with van der Waals surface area (Å²) in [5, 5.41) is 10.2. The highest BCUT2D eigenvalue weighted by molar-refractivity contribution is 5.95. The summed E-state index contributed by atoms with van der Waals surface area (Å²) in [7, 11) is 0. The molecule has 9 atom stereocenters. The summed E-state index contributed by atoms with van der Waals surface area (Å²) in [5.74, 6) is -0.925. The number of aliphatic carboxylic acids is 1. The van der Waals surface area contributed by atoms with E-state index in [2.05, 4.69) is 41.5 Å². The molecule has 0 bridgehead atoms. The minimum absolute atomic E-state index is 0.0146. The zero-order chi connectivity index (χ0) is 36.4. The minimum Gasteiger partial charge on any atom is -0.481 e. The third kappa shape index (κ3) is 5.34. The van der Waals surface area contributed by atoms with Crippen molar-refractivity contribution >= 4 is 11.8 Å². The van der Waals surface area contributed by atoms with Crippen LogP contribution in [-0.4, -0.2) is 23.0 Å². The number of hydrogen-bond donors (Lipinski definition) is 1. The second-order valence-corrected chi connectivity index (χ2v) is 18.1. The molecule has 0 unspecified atom stereocenters. The molecule has 1 aromatic rings. The number of ether oxygens (including phenoxy) is 1. The van der Waals surface area contributed by atoms with Crippen LogP contribution in [0.1, 0.15) is 123 Å². The molecule has 0 spiro atoms. The molecule has 10 heteroatoms. The van der Waals surface area contributed by atoms with Gasteiger partial charge in [0.15, 0.2) is 5.78 Å². The van der Waals surface area contributed by atoms with Gasteiger partial charge in [-0.3, -0.25) is 9.59 Å². The molecule has 5 aliphatic rings. The first kappa shape index (κ1) is 36.4. The van der Waals surface area contributed by atoms with Crippen molar-refractivity contribution in [2.75, 3.05) is 0 Å². The number of ketones is 1. The molecular weight excluding hydrogens is 646 g/mol. The van der Waals surface area contributed by atoms with Crippen molar-refractivity contribution in [3.63, 3.8) is 0 Å². The van der Waals surface area contributed by atoms with Crippen molar-refractivity contribution in [2.45, 2.75) is 131 Å². The van der Waals surface area contributed by atoms with Crippen LogP contribution in [-0.2, 0) is 33.3 Å². The van der Waals surface area contributed by atoms with Crippen LogP contribution in [0.5, 0.6) is 0 Å². The Bertz CT molecular complexity index is 1580. The van der Waals surface area contributed by atoms with Gasteiger partial charge in [-0.05, 0) is 127 Å². The summed E-state index contributed by atoms with van der Waals surface area (Å²) >= 11 is 0. The lowest BCUT2D eigenvalue weighted by Gasteiger charge is -2.70. The maximum atomic E-state index is 14.6. The van der Waals surface area contributed by atoms with Crippen LogP contribution in [0.15, 0.2) is 29.8 Å². The molecule has 0 heterocycles. The Labute approximate surface area is 285 Å². The number of allylic oxidation sites excluding steroid dienone is 2. The van der Waals surface area contributed by atoms with Crippen molar-refractivity contribution < 1.29 is 45.8 Å². The van der Waals surface area contributed by atoms with Crippen LogP contribution >= 0.6 is 0 Å². The average Bonchev–Trinajstić information content (AvgIpc) is 2.97. The summed E-state index contributed by atoms with van der Waals surface area (Å²) in [6.07, 6.45) is -1.84. The Hall–Kier alpha value is -2.36. The van der Waals surface area contributed by atoms with Crippen LogP contribution in [0.2, 0.25) is 0 Å². The zero-order valence-electron chi connectivity index (χ0n) is 29.6. The van der Waals surface area contributed by atoms with E-state index in [1.165, 1.54) is 0 Å². The van der Waals surface area contributed by atoms with E-state index in [1.807, 2.05) is 13.0 Å². The fourth-order valence-electron chi connectivity index (χ4n) is 12.0. The van der Waals surface area contributed by atoms with Crippen molar-refractivity contribution in [2.24, 2.45) is 50.2 Å². The van der Waals surface area contributed by atoms with E-state index < -0.39 is 58.4 Å². The van der Waals surface area contributed by atoms with E-state index in [0.29, 0.717) is 31.7 Å². The van der Waals surface area contributed by atoms with Crippen LogP contribution in [0.3, 0.4) is 0 Å². The second kappa shape index (κ2) is 11.1. The number of benzene rings is 1. The first-order valence-electron chi connectivity index (χ1n) is 17.7. The Morgan fingerprint density at radius 3 is 2.14 bits per heavy atom. The lowest BCUT2D eigenvalue weighted by Crippen LogP contribution is -2.66. The lowest BCUT2D eigenvalue weighted by molar-refractivity contribution is -0.211. The molecule has 49 heavy (non-hydrogen) atoms. The van der Waals surface area contributed by atoms with Crippen LogP contribution < -0.4 is 0 Å². The van der Waals surface area contributed by atoms with Crippen molar-refractivity contribution in [3.8, 4) is 0 Å². The zero-order valence-corrected chi connectivity index (χ0v) is 29.6. The Balaban J connectivity index is 1.29. The predicted octanol–water partition coefficient (Wildman–Crippen LogP) is 10.7. The fraction of sp³-hybridized carbons (Fsp3) is 0.744. The molecule has 0 saturated heterocycles. The highest BCUT2D eigenvalue weighted by Crippen LogP contribution is 2.75. The third-order valence-electron chi connectivity index (χ3n) is 15.2. The Morgan fingerprint density at radius 1 is 0.878 bits per heavy atom. The van der Waals surface area contributed by atoms with Crippen LogP contribution in [0, 0.1) is 50.2 Å². The molecule has 1 N–H and O–H groups in total. The largest absolute Gasteiger partial charge is 0.481 e. The molecule has 4 saturated carbocycles. The molecule has 5 aliphatic carbocycles. The van der Waals surface area contributed by atoms with E-state index in [0.717, 1.165) is 43.7 Å². The number of carbonyl (C=O) groups is 2. The molecule has 0 amide bonds. The summed E-state index contributed by atoms with van der Waals surface area (Å²) < 4.78 is 87.6. The monoisotopic (exact) mass is 696 g/mol. The average molecular weight is 697 g/mol. The quantitative estimate of drug-likeness (QED) is 0.318. The highest BCUT2D eigenvalue weighted by atomic mass is 19.4. The summed E-state index contributed by atoms with van der Waals surface area (Å²) in [6.45, 7) is 14.5. The van der Waals surface area contributed by atoms with Gasteiger partial charge in [-0.2, -0.15) is 26.3 Å². The standard InChI is InChI=1S/C39H50F6O4/c1-32(2)28-10-13-37(7)30(27(46)19-25-26-20-34(4,31(47)48)15-14-33(26,3)16-17-36(25,37)6)35(28,5)12-11-29(32)49-21-22-8-9-23(38(40,41)42)18-24(22)39(43,44)45/h8-9,18-19,26,28-30H,10-17,20-21H2,1-7H3,(H,47,48)/t26-,28-,29-,30+,33+,34-,35-,36+,37+/m0/s1. The third-order valence-corrected chi connectivity index (χ3v) is 15.2. The van der Waals surface area contributed by atoms with E-state index in [-0.39, 0.29) is 51.4 Å². The lowest BCUT2D eigenvalue weighted by atomic mass is 9.33. The molecule has 1 aromatic carbocycles.